The Balaban J connectivity index is 1.68. The highest BCUT2D eigenvalue weighted by Crippen LogP contribution is 2.32. The van der Waals surface area contributed by atoms with Crippen LogP contribution in [0.5, 0.6) is 0 Å². The summed E-state index contributed by atoms with van der Waals surface area (Å²) in [5.41, 5.74) is 0.590. The average molecular weight is 423 g/mol. The first kappa shape index (κ1) is 19.3. The van der Waals surface area contributed by atoms with Gasteiger partial charge in [-0.25, -0.2) is 14.8 Å². The van der Waals surface area contributed by atoms with Gasteiger partial charge in [0.15, 0.2) is 14.9 Å². The van der Waals surface area contributed by atoms with Gasteiger partial charge in [0, 0.05) is 5.38 Å². The molecule has 0 aliphatic heterocycles. The number of carbonyl (C=O) groups excluding carboxylic acids is 2. The molecular weight excluding hydrogens is 408 g/mol. The summed E-state index contributed by atoms with van der Waals surface area (Å²) in [4.78, 5) is 36.3. The van der Waals surface area contributed by atoms with E-state index < -0.39 is 11.4 Å². The van der Waals surface area contributed by atoms with Crippen molar-refractivity contribution in [3.8, 4) is 0 Å². The van der Waals surface area contributed by atoms with Crippen molar-refractivity contribution in [3.05, 3.63) is 35.3 Å². The summed E-state index contributed by atoms with van der Waals surface area (Å²) in [7, 11) is 1.32. The van der Waals surface area contributed by atoms with E-state index in [1.54, 1.807) is 12.3 Å². The quantitative estimate of drug-likeness (QED) is 0.148. The molecule has 0 aliphatic rings. The lowest BCUT2D eigenvalue weighted by Crippen LogP contribution is -2.23. The van der Waals surface area contributed by atoms with E-state index in [0.29, 0.717) is 11.5 Å². The predicted molar refractivity (Wildman–Crippen MR) is 106 cm³/mol. The van der Waals surface area contributed by atoms with Crippen LogP contribution in [0.25, 0.3) is 10.2 Å². The van der Waals surface area contributed by atoms with Crippen molar-refractivity contribution in [2.24, 2.45) is 5.16 Å². The Hall–Kier alpha value is -2.50. The number of aromatic nitrogens is 2. The number of nitrogens with one attached hydrogen (secondary N) is 1. The number of amides is 1. The Bertz CT molecular complexity index is 952. The van der Waals surface area contributed by atoms with Crippen molar-refractivity contribution in [1.82, 2.24) is 9.97 Å². The number of hydrogen-bond donors (Lipinski definition) is 1. The lowest BCUT2D eigenvalue weighted by atomic mass is 10.3. The monoisotopic (exact) mass is 422 g/mol. The maximum absolute atomic E-state index is 12.5. The minimum absolute atomic E-state index is 0.0792. The third-order valence-electron chi connectivity index (χ3n) is 3.12. The lowest BCUT2D eigenvalue weighted by molar-refractivity contribution is -0.136. The molecule has 1 unspecified atom stereocenters. The molecule has 0 saturated carbocycles. The van der Waals surface area contributed by atoms with E-state index >= 15 is 0 Å². The number of thiazole rings is 2. The molecule has 0 spiro atoms. The van der Waals surface area contributed by atoms with Crippen molar-refractivity contribution in [1.29, 1.82) is 0 Å². The number of para-hydroxylation sites is 1. The van der Waals surface area contributed by atoms with Crippen molar-refractivity contribution < 1.29 is 19.2 Å². The number of esters is 1. The molecule has 0 aliphatic carbocycles. The largest absolute Gasteiger partial charge is 0.446 e. The van der Waals surface area contributed by atoms with Crippen molar-refractivity contribution in [3.63, 3.8) is 0 Å². The van der Waals surface area contributed by atoms with Crippen LogP contribution < -0.4 is 5.32 Å². The number of ether oxygens (including phenoxy) is 1. The average Bonchev–Trinajstić information content (AvgIpc) is 3.25. The Labute approximate surface area is 166 Å². The van der Waals surface area contributed by atoms with Crippen LogP contribution in [-0.4, -0.2) is 40.6 Å². The highest BCUT2D eigenvalue weighted by Gasteiger charge is 2.23. The molecule has 8 nitrogen and oxygen atoms in total. The first-order valence-electron chi connectivity index (χ1n) is 7.61. The number of anilines is 1. The van der Waals surface area contributed by atoms with Gasteiger partial charge in [0.05, 0.1) is 10.2 Å². The number of nitrogens with zero attached hydrogens (tertiary/aromatic N) is 3. The number of fused-ring (bicyclic) bond motifs is 1. The van der Waals surface area contributed by atoms with Crippen LogP contribution in [0.3, 0.4) is 0 Å². The van der Waals surface area contributed by atoms with Crippen molar-refractivity contribution in [2.45, 2.75) is 16.7 Å². The Kier molecular flexibility index (Phi) is 6.37. The summed E-state index contributed by atoms with van der Waals surface area (Å²) < 4.78 is 7.31. The van der Waals surface area contributed by atoms with E-state index in [2.05, 4.69) is 20.4 Å². The SMILES string of the molecule is CON=C(C(=O)OC(C)Sc1nc2ccccc2s1)c1csc(NC=O)n1. The first-order valence-corrected chi connectivity index (χ1v) is 10.2. The van der Waals surface area contributed by atoms with E-state index in [0.717, 1.165) is 25.9 Å². The molecule has 2 heterocycles. The Morgan fingerprint density at radius 3 is 2.93 bits per heavy atom. The fraction of sp³-hybridized carbons (Fsp3) is 0.188. The molecule has 1 aromatic carbocycles. The fourth-order valence-corrected chi connectivity index (χ4v) is 4.84. The molecule has 0 fully saturated rings. The van der Waals surface area contributed by atoms with E-state index in [1.165, 1.54) is 30.2 Å². The predicted octanol–water partition coefficient (Wildman–Crippen LogP) is 3.35. The van der Waals surface area contributed by atoms with Gasteiger partial charge in [-0.3, -0.25) is 4.79 Å². The maximum Gasteiger partial charge on any atom is 0.363 e. The van der Waals surface area contributed by atoms with Gasteiger partial charge in [-0.15, -0.1) is 22.7 Å². The van der Waals surface area contributed by atoms with Crippen LogP contribution in [0.2, 0.25) is 0 Å². The standard InChI is InChI=1S/C16H14N4O4S3/c1-9(26-16-19-10-5-3-4-6-12(10)27-16)24-14(22)13(20-23-2)11-7-25-15(18-11)17-8-21/h3-9H,1-2H3,(H,17,18,21). The molecule has 140 valence electrons. The highest BCUT2D eigenvalue weighted by molar-refractivity contribution is 8.01. The van der Waals surface area contributed by atoms with Crippen LogP contribution in [0.1, 0.15) is 12.6 Å². The van der Waals surface area contributed by atoms with E-state index in [1.807, 2.05) is 24.3 Å². The van der Waals surface area contributed by atoms with E-state index in [-0.39, 0.29) is 11.4 Å². The molecule has 0 bridgehead atoms. The van der Waals surface area contributed by atoms with Gasteiger partial charge in [0.2, 0.25) is 12.1 Å². The molecule has 1 atom stereocenters. The van der Waals surface area contributed by atoms with Crippen molar-refractivity contribution >= 4 is 67.9 Å². The summed E-state index contributed by atoms with van der Waals surface area (Å²) in [6, 6.07) is 7.80. The number of benzene rings is 1. The zero-order chi connectivity index (χ0) is 19.2. The lowest BCUT2D eigenvalue weighted by Gasteiger charge is -2.11. The zero-order valence-corrected chi connectivity index (χ0v) is 16.7. The topological polar surface area (TPSA) is 103 Å². The van der Waals surface area contributed by atoms with Crippen LogP contribution in [-0.2, 0) is 19.2 Å². The number of oxime groups is 1. The van der Waals surface area contributed by atoms with Crippen molar-refractivity contribution in [2.75, 3.05) is 12.4 Å². The molecule has 1 amide bonds. The normalized spacial score (nSPS) is 12.6. The molecule has 3 rings (SSSR count). The highest BCUT2D eigenvalue weighted by atomic mass is 32.2. The van der Waals surface area contributed by atoms with E-state index in [9.17, 15) is 9.59 Å². The van der Waals surface area contributed by atoms with Crippen LogP contribution >= 0.6 is 34.4 Å². The second-order valence-electron chi connectivity index (χ2n) is 4.96. The van der Waals surface area contributed by atoms with Crippen LogP contribution in [0, 0.1) is 0 Å². The Morgan fingerprint density at radius 2 is 2.19 bits per heavy atom. The van der Waals surface area contributed by atoms with Crippen LogP contribution in [0.15, 0.2) is 39.1 Å². The van der Waals surface area contributed by atoms with Gasteiger partial charge < -0.3 is 14.9 Å². The zero-order valence-electron chi connectivity index (χ0n) is 14.2. The Morgan fingerprint density at radius 1 is 1.37 bits per heavy atom. The van der Waals surface area contributed by atoms with Gasteiger partial charge in [0.1, 0.15) is 12.8 Å². The number of rotatable bonds is 8. The molecule has 11 heteroatoms. The second kappa shape index (κ2) is 8.93. The fourth-order valence-electron chi connectivity index (χ4n) is 2.05. The molecular formula is C16H14N4O4S3. The first-order chi connectivity index (χ1) is 13.1. The summed E-state index contributed by atoms with van der Waals surface area (Å²) in [6.07, 6.45) is 0.505. The molecule has 27 heavy (non-hydrogen) atoms. The molecule has 0 saturated heterocycles. The number of thioether (sulfide) groups is 1. The van der Waals surface area contributed by atoms with Crippen LogP contribution in [0.4, 0.5) is 5.13 Å². The summed E-state index contributed by atoms with van der Waals surface area (Å²) in [6.45, 7) is 1.75. The minimum atomic E-state index is -0.680. The molecule has 3 aromatic rings. The molecule has 0 radical (unpaired) electrons. The summed E-state index contributed by atoms with van der Waals surface area (Å²) in [5, 5.41) is 8.05. The van der Waals surface area contributed by atoms with Gasteiger partial charge in [-0.2, -0.15) is 0 Å². The molecule has 2 aromatic heterocycles. The van der Waals surface area contributed by atoms with E-state index in [4.69, 9.17) is 9.57 Å². The summed E-state index contributed by atoms with van der Waals surface area (Å²) >= 11 is 4.02. The second-order valence-corrected chi connectivity index (χ2v) is 8.39. The summed E-state index contributed by atoms with van der Waals surface area (Å²) in [5.74, 6) is -0.680. The third kappa shape index (κ3) is 4.81. The van der Waals surface area contributed by atoms with Gasteiger partial charge >= 0.3 is 5.97 Å². The minimum Gasteiger partial charge on any atom is -0.446 e. The smallest absolute Gasteiger partial charge is 0.363 e. The van der Waals surface area contributed by atoms with Gasteiger partial charge in [-0.1, -0.05) is 29.1 Å². The van der Waals surface area contributed by atoms with Gasteiger partial charge in [-0.05, 0) is 19.1 Å². The maximum atomic E-state index is 12.5. The van der Waals surface area contributed by atoms with Gasteiger partial charge in [0.25, 0.3) is 0 Å². The molecule has 1 N–H and O–H groups in total. The number of hydrogen-bond acceptors (Lipinski definition) is 10. The third-order valence-corrected chi connectivity index (χ3v) is 5.98. The number of carbonyl (C=O) groups is 2.